The lowest BCUT2D eigenvalue weighted by Crippen LogP contribution is -2.52. The summed E-state index contributed by atoms with van der Waals surface area (Å²) in [6.07, 6.45) is -0.486. The van der Waals surface area contributed by atoms with Crippen molar-refractivity contribution in [2.24, 2.45) is 0 Å². The molecule has 0 saturated carbocycles. The van der Waals surface area contributed by atoms with E-state index < -0.39 is 16.6 Å². The summed E-state index contributed by atoms with van der Waals surface area (Å²) in [5.41, 5.74) is 3.98. The molecule has 4 aromatic rings. The number of hydrogen-bond acceptors (Lipinski definition) is 2. The maximum atomic E-state index is 6.90. The third kappa shape index (κ3) is 4.11. The third-order valence-corrected chi connectivity index (χ3v) is 7.73. The third-order valence-electron chi connectivity index (χ3n) is 7.73. The molecule has 0 aromatic heterocycles. The van der Waals surface area contributed by atoms with E-state index in [9.17, 15) is 0 Å². The topological polar surface area (TPSA) is 18.5 Å². The van der Waals surface area contributed by atoms with Gasteiger partial charge in [-0.2, -0.15) is 0 Å². The Labute approximate surface area is 209 Å². The maximum absolute atomic E-state index is 6.90. The Morgan fingerprint density at radius 2 is 0.686 bits per heavy atom. The summed E-state index contributed by atoms with van der Waals surface area (Å²) in [4.78, 5) is 0. The lowest BCUT2D eigenvalue weighted by molar-refractivity contribution is -0.153. The average Bonchev–Trinajstić information content (AvgIpc) is 3.26. The Morgan fingerprint density at radius 1 is 0.457 bits per heavy atom. The first-order chi connectivity index (χ1) is 16.9. The van der Waals surface area contributed by atoms with E-state index in [-0.39, 0.29) is 12.2 Å². The van der Waals surface area contributed by atoms with Crippen LogP contribution in [-0.4, -0.2) is 18.0 Å². The molecule has 178 valence electrons. The van der Waals surface area contributed by atoms with Gasteiger partial charge in [0.2, 0.25) is 0 Å². The van der Waals surface area contributed by atoms with Crippen LogP contribution in [0.3, 0.4) is 0 Å². The number of rotatable bonds is 6. The molecule has 1 fully saturated rings. The van der Waals surface area contributed by atoms with Gasteiger partial charge in [-0.25, -0.2) is 0 Å². The van der Waals surface area contributed by atoms with Crippen molar-refractivity contribution in [3.8, 4) is 0 Å². The lowest BCUT2D eigenvalue weighted by Gasteiger charge is -2.44. The molecule has 0 amide bonds. The summed E-state index contributed by atoms with van der Waals surface area (Å²) in [5.74, 6) is -0.731. The van der Waals surface area contributed by atoms with E-state index in [1.807, 2.05) is 13.8 Å². The molecule has 0 aliphatic carbocycles. The molecule has 0 radical (unpaired) electrons. The van der Waals surface area contributed by atoms with Gasteiger partial charge in [0.05, 0.1) is 0 Å². The Bertz CT molecular complexity index is 1060. The van der Waals surface area contributed by atoms with Crippen molar-refractivity contribution in [1.29, 1.82) is 0 Å². The standard InChI is InChI=1S/C33H34O2/c1-31(2)34-29(32(3,25-17-9-5-10-18-25)26-19-11-6-12-20-26)30(35-31)33(4,27-21-13-7-14-22-27)28-23-15-8-16-24-28/h5-24,29-30H,1-4H3. The first-order valence-electron chi connectivity index (χ1n) is 12.4. The quantitative estimate of drug-likeness (QED) is 0.295. The first kappa shape index (κ1) is 23.5. The summed E-state index contributed by atoms with van der Waals surface area (Å²) in [6, 6.07) is 42.8. The highest BCUT2D eigenvalue weighted by Crippen LogP contribution is 2.51. The van der Waals surface area contributed by atoms with Crippen LogP contribution in [0.2, 0.25) is 0 Å². The summed E-state index contributed by atoms with van der Waals surface area (Å²) in [5, 5.41) is 0. The van der Waals surface area contributed by atoms with Crippen LogP contribution in [0.25, 0.3) is 0 Å². The van der Waals surface area contributed by atoms with Crippen LogP contribution in [0.1, 0.15) is 49.9 Å². The van der Waals surface area contributed by atoms with Crippen molar-refractivity contribution in [2.75, 3.05) is 0 Å². The minimum Gasteiger partial charge on any atom is -0.343 e. The van der Waals surface area contributed by atoms with Crippen LogP contribution in [0, 0.1) is 0 Å². The van der Waals surface area contributed by atoms with E-state index in [4.69, 9.17) is 9.47 Å². The van der Waals surface area contributed by atoms with Gasteiger partial charge in [-0.15, -0.1) is 0 Å². The number of hydrogen-bond donors (Lipinski definition) is 0. The summed E-state index contributed by atoms with van der Waals surface area (Å²) in [6.45, 7) is 8.67. The molecule has 2 heteroatoms. The molecule has 1 heterocycles. The molecule has 2 atom stereocenters. The zero-order valence-corrected chi connectivity index (χ0v) is 21.0. The van der Waals surface area contributed by atoms with Gasteiger partial charge < -0.3 is 9.47 Å². The van der Waals surface area contributed by atoms with E-state index >= 15 is 0 Å². The largest absolute Gasteiger partial charge is 0.343 e. The van der Waals surface area contributed by atoms with E-state index in [1.54, 1.807) is 0 Å². The van der Waals surface area contributed by atoms with E-state index in [0.29, 0.717) is 0 Å². The predicted octanol–water partition coefficient (Wildman–Crippen LogP) is 7.52. The fourth-order valence-corrected chi connectivity index (χ4v) is 5.73. The van der Waals surface area contributed by atoms with Crippen LogP contribution in [-0.2, 0) is 20.3 Å². The van der Waals surface area contributed by atoms with E-state index in [0.717, 1.165) is 0 Å². The first-order valence-corrected chi connectivity index (χ1v) is 12.4. The fourth-order valence-electron chi connectivity index (χ4n) is 5.73. The van der Waals surface area contributed by atoms with Crippen molar-refractivity contribution in [1.82, 2.24) is 0 Å². The lowest BCUT2D eigenvalue weighted by atomic mass is 9.62. The van der Waals surface area contributed by atoms with Crippen molar-refractivity contribution in [3.05, 3.63) is 144 Å². The Morgan fingerprint density at radius 3 is 0.914 bits per heavy atom. The molecule has 2 nitrogen and oxygen atoms in total. The molecule has 1 aliphatic rings. The van der Waals surface area contributed by atoms with Gasteiger partial charge in [-0.1, -0.05) is 121 Å². The minimum absolute atomic E-state index is 0.243. The molecule has 2 unspecified atom stereocenters. The van der Waals surface area contributed by atoms with Gasteiger partial charge in [-0.05, 0) is 49.9 Å². The highest BCUT2D eigenvalue weighted by Gasteiger charge is 2.58. The maximum Gasteiger partial charge on any atom is 0.163 e. The second kappa shape index (κ2) is 9.11. The molecule has 0 bridgehead atoms. The zero-order valence-electron chi connectivity index (χ0n) is 21.0. The summed E-state index contributed by atoms with van der Waals surface area (Å²) >= 11 is 0. The molecule has 1 aliphatic heterocycles. The van der Waals surface area contributed by atoms with Crippen LogP contribution in [0.4, 0.5) is 0 Å². The van der Waals surface area contributed by atoms with Crippen LogP contribution in [0.15, 0.2) is 121 Å². The second-order valence-corrected chi connectivity index (χ2v) is 10.3. The van der Waals surface area contributed by atoms with Gasteiger partial charge in [-0.3, -0.25) is 0 Å². The molecule has 5 rings (SSSR count). The summed E-state index contributed by atoms with van der Waals surface area (Å²) in [7, 11) is 0. The normalized spacial score (nSPS) is 20.0. The van der Waals surface area contributed by atoms with Crippen molar-refractivity contribution < 1.29 is 9.47 Å². The molecule has 0 N–H and O–H groups in total. The second-order valence-electron chi connectivity index (χ2n) is 10.3. The fraction of sp³-hybridized carbons (Fsp3) is 0.273. The molecule has 1 saturated heterocycles. The molecule has 4 aromatic carbocycles. The average molecular weight is 463 g/mol. The molecular formula is C33H34O2. The Balaban J connectivity index is 1.76. The molecule has 35 heavy (non-hydrogen) atoms. The van der Waals surface area contributed by atoms with Gasteiger partial charge in [0.1, 0.15) is 12.2 Å². The van der Waals surface area contributed by atoms with Gasteiger partial charge >= 0.3 is 0 Å². The van der Waals surface area contributed by atoms with E-state index in [1.165, 1.54) is 22.3 Å². The van der Waals surface area contributed by atoms with Crippen LogP contribution < -0.4 is 0 Å². The monoisotopic (exact) mass is 462 g/mol. The zero-order chi connectivity index (χ0) is 24.5. The number of ether oxygens (including phenoxy) is 2. The SMILES string of the molecule is CC1(C)OC(C(C)(c2ccccc2)c2ccccc2)C(C(C)(c2ccccc2)c2ccccc2)O1. The highest BCUT2D eigenvalue weighted by atomic mass is 16.8. The van der Waals surface area contributed by atoms with Crippen molar-refractivity contribution >= 4 is 0 Å². The van der Waals surface area contributed by atoms with E-state index in [2.05, 4.69) is 135 Å². The minimum atomic E-state index is -0.731. The van der Waals surface area contributed by atoms with Crippen molar-refractivity contribution in [2.45, 2.75) is 56.5 Å². The van der Waals surface area contributed by atoms with Crippen LogP contribution in [0.5, 0.6) is 0 Å². The Hall–Kier alpha value is -3.20. The highest BCUT2D eigenvalue weighted by molar-refractivity contribution is 5.46. The smallest absolute Gasteiger partial charge is 0.163 e. The predicted molar refractivity (Wildman–Crippen MR) is 143 cm³/mol. The van der Waals surface area contributed by atoms with Crippen molar-refractivity contribution in [3.63, 3.8) is 0 Å². The van der Waals surface area contributed by atoms with Gasteiger partial charge in [0.15, 0.2) is 5.79 Å². The van der Waals surface area contributed by atoms with Gasteiger partial charge in [0, 0.05) is 10.8 Å². The summed E-state index contributed by atoms with van der Waals surface area (Å²) < 4.78 is 13.8. The molecule has 0 spiro atoms. The van der Waals surface area contributed by atoms with Gasteiger partial charge in [0.25, 0.3) is 0 Å². The van der Waals surface area contributed by atoms with Crippen LogP contribution >= 0.6 is 0 Å². The Kier molecular flexibility index (Phi) is 6.13. The number of benzene rings is 4. The molecular weight excluding hydrogens is 428 g/mol.